The molecule has 6 heteroatoms. The Balaban J connectivity index is 2.70. The Morgan fingerprint density at radius 3 is 2.32 bits per heavy atom. The van der Waals surface area contributed by atoms with Crippen molar-refractivity contribution in [2.45, 2.75) is 0 Å². The molecule has 0 aliphatic rings. The van der Waals surface area contributed by atoms with E-state index < -0.39 is 11.9 Å². The zero-order valence-electron chi connectivity index (χ0n) is 10.7. The molecule has 0 saturated carbocycles. The lowest BCUT2D eigenvalue weighted by Gasteiger charge is -2.04. The highest BCUT2D eigenvalue weighted by Crippen LogP contribution is 2.32. The van der Waals surface area contributed by atoms with Crippen molar-refractivity contribution in [1.29, 1.82) is 0 Å². The quantitative estimate of drug-likeness (QED) is 0.789. The summed E-state index contributed by atoms with van der Waals surface area (Å²) in [5, 5.41) is 0.505. The molecule has 0 aliphatic carbocycles. The van der Waals surface area contributed by atoms with Crippen LogP contribution >= 0.6 is 0 Å². The molecule has 2 aromatic rings. The van der Waals surface area contributed by atoms with Crippen LogP contribution in [0.1, 0.15) is 20.9 Å². The van der Waals surface area contributed by atoms with Gasteiger partial charge in [-0.1, -0.05) is 0 Å². The Labute approximate surface area is 108 Å². The second-order valence-corrected chi connectivity index (χ2v) is 3.65. The Hall–Kier alpha value is -2.50. The van der Waals surface area contributed by atoms with E-state index in [1.807, 2.05) is 0 Å². The Kier molecular flexibility index (Phi) is 3.41. The van der Waals surface area contributed by atoms with Crippen LogP contribution in [0.15, 0.2) is 22.6 Å². The fraction of sp³-hybridized carbons (Fsp3) is 0.231. The second kappa shape index (κ2) is 5.01. The van der Waals surface area contributed by atoms with Crippen LogP contribution in [0.3, 0.4) is 0 Å². The average Bonchev–Trinajstić information content (AvgIpc) is 2.89. The highest BCUT2D eigenvalue weighted by Gasteiger charge is 2.21. The Morgan fingerprint density at radius 1 is 1.05 bits per heavy atom. The first-order chi connectivity index (χ1) is 9.12. The van der Waals surface area contributed by atoms with E-state index in [0.29, 0.717) is 11.1 Å². The van der Waals surface area contributed by atoms with Gasteiger partial charge in [-0.15, -0.1) is 0 Å². The minimum absolute atomic E-state index is 0.00727. The van der Waals surface area contributed by atoms with Crippen molar-refractivity contribution in [2.24, 2.45) is 0 Å². The van der Waals surface area contributed by atoms with E-state index in [2.05, 4.69) is 9.47 Å². The molecule has 0 spiro atoms. The van der Waals surface area contributed by atoms with Gasteiger partial charge in [0.05, 0.1) is 26.7 Å². The van der Waals surface area contributed by atoms with Crippen LogP contribution in [0.25, 0.3) is 11.0 Å². The number of ether oxygens (including phenoxy) is 3. The predicted molar refractivity (Wildman–Crippen MR) is 65.4 cm³/mol. The molecule has 19 heavy (non-hydrogen) atoms. The van der Waals surface area contributed by atoms with Gasteiger partial charge in [0.25, 0.3) is 0 Å². The van der Waals surface area contributed by atoms with Crippen molar-refractivity contribution >= 4 is 22.9 Å². The summed E-state index contributed by atoms with van der Waals surface area (Å²) in [4.78, 5) is 23.1. The number of carbonyl (C=O) groups is 2. The molecule has 1 aromatic carbocycles. The van der Waals surface area contributed by atoms with Gasteiger partial charge in [-0.2, -0.15) is 0 Å². The normalized spacial score (nSPS) is 10.3. The second-order valence-electron chi connectivity index (χ2n) is 3.65. The maximum atomic E-state index is 11.6. The molecule has 0 amide bonds. The molecule has 6 nitrogen and oxygen atoms in total. The van der Waals surface area contributed by atoms with E-state index in [1.165, 1.54) is 33.5 Å². The van der Waals surface area contributed by atoms with Gasteiger partial charge in [0, 0.05) is 6.07 Å². The zero-order chi connectivity index (χ0) is 14.0. The van der Waals surface area contributed by atoms with Gasteiger partial charge in [-0.3, -0.25) is 0 Å². The minimum atomic E-state index is -0.630. The molecule has 0 radical (unpaired) electrons. The summed E-state index contributed by atoms with van der Waals surface area (Å²) in [6.07, 6.45) is 0. The lowest BCUT2D eigenvalue weighted by molar-refractivity contribution is 0.0560. The van der Waals surface area contributed by atoms with Gasteiger partial charge < -0.3 is 18.6 Å². The third kappa shape index (κ3) is 2.12. The third-order valence-corrected chi connectivity index (χ3v) is 2.66. The molecule has 0 fully saturated rings. The van der Waals surface area contributed by atoms with Crippen molar-refractivity contribution in [3.63, 3.8) is 0 Å². The number of methoxy groups -OCH3 is 3. The van der Waals surface area contributed by atoms with Crippen molar-refractivity contribution < 1.29 is 28.2 Å². The Morgan fingerprint density at radius 2 is 1.74 bits per heavy atom. The molecule has 0 aliphatic heterocycles. The summed E-state index contributed by atoms with van der Waals surface area (Å²) in [6, 6.07) is 4.58. The van der Waals surface area contributed by atoms with E-state index in [4.69, 9.17) is 9.15 Å². The van der Waals surface area contributed by atoms with E-state index in [-0.39, 0.29) is 16.9 Å². The van der Waals surface area contributed by atoms with Gasteiger partial charge >= 0.3 is 11.9 Å². The fourth-order valence-electron chi connectivity index (χ4n) is 1.75. The van der Waals surface area contributed by atoms with Gasteiger partial charge in [-0.25, -0.2) is 9.59 Å². The molecular weight excluding hydrogens is 252 g/mol. The number of fused-ring (bicyclic) bond motifs is 1. The van der Waals surface area contributed by atoms with E-state index in [0.717, 1.165) is 0 Å². The minimum Gasteiger partial charge on any atom is -0.496 e. The predicted octanol–water partition coefficient (Wildman–Crippen LogP) is 2.01. The average molecular weight is 264 g/mol. The van der Waals surface area contributed by atoms with Crippen LogP contribution in [-0.2, 0) is 9.47 Å². The number of rotatable bonds is 3. The maximum Gasteiger partial charge on any atom is 0.373 e. The molecule has 0 atom stereocenters. The summed E-state index contributed by atoms with van der Waals surface area (Å²) in [5.74, 6) is -0.707. The smallest absolute Gasteiger partial charge is 0.373 e. The number of carbonyl (C=O) groups excluding carboxylic acids is 2. The molecule has 0 saturated heterocycles. The van der Waals surface area contributed by atoms with Crippen LogP contribution in [0.4, 0.5) is 0 Å². The lowest BCUT2D eigenvalue weighted by atomic mass is 10.1. The van der Waals surface area contributed by atoms with Crippen molar-refractivity contribution in [1.82, 2.24) is 0 Å². The summed E-state index contributed by atoms with van der Waals surface area (Å²) in [6.45, 7) is 0. The topological polar surface area (TPSA) is 75.0 Å². The van der Waals surface area contributed by atoms with Gasteiger partial charge in [0.15, 0.2) is 5.58 Å². The summed E-state index contributed by atoms with van der Waals surface area (Å²) in [5.41, 5.74) is 0.444. The summed E-state index contributed by atoms with van der Waals surface area (Å²) < 4.78 is 19.8. The lowest BCUT2D eigenvalue weighted by Crippen LogP contribution is -2.01. The first kappa shape index (κ1) is 12.9. The molecule has 1 heterocycles. The van der Waals surface area contributed by atoms with Crippen LogP contribution in [0.5, 0.6) is 5.75 Å². The molecule has 0 bridgehead atoms. The van der Waals surface area contributed by atoms with Gasteiger partial charge in [0.2, 0.25) is 5.76 Å². The first-order valence-corrected chi connectivity index (χ1v) is 5.39. The molecule has 100 valence electrons. The molecule has 0 N–H and O–H groups in total. The summed E-state index contributed by atoms with van der Waals surface area (Å²) >= 11 is 0. The van der Waals surface area contributed by atoms with Crippen molar-refractivity contribution in [3.8, 4) is 5.75 Å². The monoisotopic (exact) mass is 264 g/mol. The van der Waals surface area contributed by atoms with Crippen LogP contribution in [0.2, 0.25) is 0 Å². The maximum absolute atomic E-state index is 11.6. The molecule has 0 unspecified atom stereocenters. The number of hydrogen-bond acceptors (Lipinski definition) is 6. The number of esters is 2. The van der Waals surface area contributed by atoms with Crippen LogP contribution in [-0.4, -0.2) is 33.3 Å². The highest BCUT2D eigenvalue weighted by molar-refractivity contribution is 6.05. The number of furan rings is 1. The molecule has 1 aromatic heterocycles. The third-order valence-electron chi connectivity index (χ3n) is 2.66. The van der Waals surface area contributed by atoms with Crippen molar-refractivity contribution in [3.05, 3.63) is 29.5 Å². The van der Waals surface area contributed by atoms with Gasteiger partial charge in [0.1, 0.15) is 11.3 Å². The fourth-order valence-corrected chi connectivity index (χ4v) is 1.75. The first-order valence-electron chi connectivity index (χ1n) is 5.39. The zero-order valence-corrected chi connectivity index (χ0v) is 10.7. The standard InChI is InChI=1S/C13H12O6/c1-16-9-5-4-7(12(14)17-2)11-8(9)6-10(19-11)13(15)18-3/h4-6H,1-3H3. The van der Waals surface area contributed by atoms with Crippen LogP contribution < -0.4 is 4.74 Å². The molecule has 2 rings (SSSR count). The van der Waals surface area contributed by atoms with Crippen molar-refractivity contribution in [2.75, 3.05) is 21.3 Å². The SMILES string of the molecule is COC(=O)c1cc2c(OC)ccc(C(=O)OC)c2o1. The number of hydrogen-bond donors (Lipinski definition) is 0. The highest BCUT2D eigenvalue weighted by atomic mass is 16.5. The largest absolute Gasteiger partial charge is 0.496 e. The number of benzene rings is 1. The van der Waals surface area contributed by atoms with Gasteiger partial charge in [-0.05, 0) is 12.1 Å². The van der Waals surface area contributed by atoms with E-state index in [1.54, 1.807) is 6.07 Å². The summed E-state index contributed by atoms with van der Waals surface area (Å²) in [7, 11) is 3.99. The molecular formula is C13H12O6. The van der Waals surface area contributed by atoms with E-state index >= 15 is 0 Å². The Bertz CT molecular complexity index is 640. The van der Waals surface area contributed by atoms with E-state index in [9.17, 15) is 9.59 Å². The van der Waals surface area contributed by atoms with Crippen LogP contribution in [0, 0.1) is 0 Å².